The Hall–Kier alpha value is -1.19. The predicted octanol–water partition coefficient (Wildman–Crippen LogP) is 6.56. The molecule has 0 radical (unpaired) electrons. The molecule has 0 saturated carbocycles. The van der Waals surface area contributed by atoms with Gasteiger partial charge in [0.1, 0.15) is 0 Å². The van der Waals surface area contributed by atoms with Gasteiger partial charge in [0.05, 0.1) is 12.7 Å². The number of benzene rings is 1. The lowest BCUT2D eigenvalue weighted by atomic mass is 9.99. The number of ether oxygens (including phenoxy) is 2. The van der Waals surface area contributed by atoms with Gasteiger partial charge in [-0.2, -0.15) is 0 Å². The highest BCUT2D eigenvalue weighted by Crippen LogP contribution is 2.25. The fourth-order valence-corrected chi connectivity index (χ4v) is 3.74. The van der Waals surface area contributed by atoms with Crippen molar-refractivity contribution in [3.05, 3.63) is 35.9 Å². The van der Waals surface area contributed by atoms with Crippen LogP contribution < -0.4 is 0 Å². The molecule has 1 fully saturated rings. The zero-order valence-electron chi connectivity index (χ0n) is 17.3. The van der Waals surface area contributed by atoms with Crippen molar-refractivity contribution in [3.8, 4) is 0 Å². The van der Waals surface area contributed by atoms with E-state index in [0.717, 1.165) is 31.4 Å². The first-order valence-electron chi connectivity index (χ1n) is 11.1. The largest absolute Gasteiger partial charge is 0.352 e. The smallest absolute Gasteiger partial charge is 0.162 e. The lowest BCUT2D eigenvalue weighted by Gasteiger charge is -2.33. The van der Waals surface area contributed by atoms with E-state index in [1.165, 1.54) is 44.9 Å². The van der Waals surface area contributed by atoms with E-state index >= 15 is 0 Å². The summed E-state index contributed by atoms with van der Waals surface area (Å²) in [5.74, 6) is 0.631. The van der Waals surface area contributed by atoms with E-state index in [9.17, 15) is 4.79 Å². The summed E-state index contributed by atoms with van der Waals surface area (Å²) in [6.07, 6.45) is 12.8. The number of hydrogen-bond donors (Lipinski definition) is 0. The molecule has 0 aliphatic carbocycles. The second-order valence-corrected chi connectivity index (χ2v) is 8.00. The molecular formula is C24H38O3. The summed E-state index contributed by atoms with van der Waals surface area (Å²) in [5, 5.41) is 0. The van der Waals surface area contributed by atoms with Gasteiger partial charge in [-0.15, -0.1) is 0 Å². The quantitative estimate of drug-likeness (QED) is 0.290. The number of carbonyl (C=O) groups is 1. The number of hydrogen-bond acceptors (Lipinski definition) is 3. The van der Waals surface area contributed by atoms with E-state index in [1.54, 1.807) is 0 Å². The van der Waals surface area contributed by atoms with Gasteiger partial charge in [0.2, 0.25) is 0 Å². The first kappa shape index (κ1) is 22.1. The van der Waals surface area contributed by atoms with Gasteiger partial charge in [0.15, 0.2) is 12.1 Å². The molecule has 3 atom stereocenters. The second kappa shape index (κ2) is 13.1. The third-order valence-corrected chi connectivity index (χ3v) is 5.57. The number of carbonyl (C=O) groups excluding carboxylic acids is 1. The molecule has 1 aliphatic rings. The summed E-state index contributed by atoms with van der Waals surface area (Å²) < 4.78 is 12.0. The Morgan fingerprint density at radius 1 is 1.07 bits per heavy atom. The van der Waals surface area contributed by atoms with Gasteiger partial charge >= 0.3 is 0 Å². The minimum absolute atomic E-state index is 0.101. The van der Waals surface area contributed by atoms with E-state index in [0.29, 0.717) is 12.3 Å². The van der Waals surface area contributed by atoms with Gasteiger partial charge in [-0.25, -0.2) is 0 Å². The Labute approximate surface area is 165 Å². The molecule has 0 amide bonds. The maximum absolute atomic E-state index is 12.3. The molecule has 27 heavy (non-hydrogen) atoms. The average molecular weight is 375 g/mol. The Morgan fingerprint density at radius 2 is 1.78 bits per heavy atom. The first-order valence-corrected chi connectivity index (χ1v) is 11.1. The van der Waals surface area contributed by atoms with Crippen molar-refractivity contribution < 1.29 is 14.3 Å². The van der Waals surface area contributed by atoms with Crippen LogP contribution >= 0.6 is 0 Å². The normalized spacial score (nSPS) is 21.1. The van der Waals surface area contributed by atoms with Crippen molar-refractivity contribution in [2.24, 2.45) is 5.92 Å². The van der Waals surface area contributed by atoms with E-state index in [2.05, 4.69) is 13.8 Å². The Bertz CT molecular complexity index is 514. The molecule has 3 heteroatoms. The number of unbranched alkanes of at least 4 members (excludes halogenated alkanes) is 6. The molecule has 3 nitrogen and oxygen atoms in total. The number of Topliss-reactive ketones (excluding diaryl/α,β-unsaturated/α-hetero) is 1. The fourth-order valence-electron chi connectivity index (χ4n) is 3.74. The van der Waals surface area contributed by atoms with Crippen LogP contribution in [0.15, 0.2) is 30.3 Å². The summed E-state index contributed by atoms with van der Waals surface area (Å²) in [6.45, 7) is 5.24. The Morgan fingerprint density at radius 3 is 2.52 bits per heavy atom. The Kier molecular flexibility index (Phi) is 10.7. The zero-order chi connectivity index (χ0) is 19.3. The fraction of sp³-hybridized carbons (Fsp3) is 0.708. The summed E-state index contributed by atoms with van der Waals surface area (Å²) >= 11 is 0. The molecular weight excluding hydrogens is 336 g/mol. The molecule has 1 aliphatic heterocycles. The van der Waals surface area contributed by atoms with Crippen molar-refractivity contribution in [2.45, 2.75) is 96.9 Å². The van der Waals surface area contributed by atoms with Gasteiger partial charge in [0, 0.05) is 17.9 Å². The first-order chi connectivity index (χ1) is 13.2. The summed E-state index contributed by atoms with van der Waals surface area (Å²) in [6, 6.07) is 9.55. The number of ketones is 1. The maximum Gasteiger partial charge on any atom is 0.162 e. The summed E-state index contributed by atoms with van der Waals surface area (Å²) in [4.78, 5) is 12.3. The third-order valence-electron chi connectivity index (χ3n) is 5.57. The Balaban J connectivity index is 1.62. The topological polar surface area (TPSA) is 35.5 Å². The summed E-state index contributed by atoms with van der Waals surface area (Å²) in [5.41, 5.74) is 0.799. The van der Waals surface area contributed by atoms with E-state index in [-0.39, 0.29) is 18.2 Å². The van der Waals surface area contributed by atoms with Crippen molar-refractivity contribution in [2.75, 3.05) is 6.61 Å². The van der Waals surface area contributed by atoms with Crippen molar-refractivity contribution in [3.63, 3.8) is 0 Å². The van der Waals surface area contributed by atoms with Crippen molar-refractivity contribution >= 4 is 5.78 Å². The standard InChI is InChI=1S/C24H38O3/c1-3-4-5-6-7-8-10-13-20(2)24-26-19-18-22(27-24)16-17-23(25)21-14-11-9-12-15-21/h9,11-12,14-15,20,22,24H,3-8,10,13,16-19H2,1-2H3. The van der Waals surface area contributed by atoms with Gasteiger partial charge in [-0.3, -0.25) is 4.79 Å². The molecule has 3 unspecified atom stereocenters. The summed E-state index contributed by atoms with van der Waals surface area (Å²) in [7, 11) is 0. The monoisotopic (exact) mass is 374 g/mol. The van der Waals surface area contributed by atoms with Crippen LogP contribution in [0.4, 0.5) is 0 Å². The van der Waals surface area contributed by atoms with E-state index in [1.807, 2.05) is 30.3 Å². The zero-order valence-corrected chi connectivity index (χ0v) is 17.3. The van der Waals surface area contributed by atoms with Crippen LogP contribution in [0.1, 0.15) is 94.8 Å². The number of rotatable bonds is 13. The molecule has 0 bridgehead atoms. The second-order valence-electron chi connectivity index (χ2n) is 8.00. The minimum Gasteiger partial charge on any atom is -0.352 e. The maximum atomic E-state index is 12.3. The molecule has 152 valence electrons. The highest BCUT2D eigenvalue weighted by Gasteiger charge is 2.27. The van der Waals surface area contributed by atoms with Gasteiger partial charge in [-0.1, -0.05) is 89.1 Å². The molecule has 0 N–H and O–H groups in total. The average Bonchev–Trinajstić information content (AvgIpc) is 2.72. The molecule has 1 aromatic rings. The van der Waals surface area contributed by atoms with E-state index in [4.69, 9.17) is 9.47 Å². The van der Waals surface area contributed by atoms with Crippen LogP contribution in [0, 0.1) is 5.92 Å². The van der Waals surface area contributed by atoms with Crippen LogP contribution in [-0.2, 0) is 9.47 Å². The van der Waals surface area contributed by atoms with Crippen LogP contribution in [0.2, 0.25) is 0 Å². The molecule has 0 aromatic heterocycles. The van der Waals surface area contributed by atoms with Crippen molar-refractivity contribution in [1.29, 1.82) is 0 Å². The highest BCUT2D eigenvalue weighted by molar-refractivity contribution is 5.95. The lowest BCUT2D eigenvalue weighted by Crippen LogP contribution is -2.36. The van der Waals surface area contributed by atoms with Crippen LogP contribution in [0.5, 0.6) is 0 Å². The SMILES string of the molecule is CCCCCCCCCC(C)C1OCCC(CCC(=O)c2ccccc2)O1. The van der Waals surface area contributed by atoms with Gasteiger partial charge < -0.3 is 9.47 Å². The van der Waals surface area contributed by atoms with Crippen LogP contribution in [0.25, 0.3) is 0 Å². The predicted molar refractivity (Wildman–Crippen MR) is 111 cm³/mol. The molecule has 1 saturated heterocycles. The van der Waals surface area contributed by atoms with Gasteiger partial charge in [0.25, 0.3) is 0 Å². The minimum atomic E-state index is -0.101. The molecule has 1 heterocycles. The van der Waals surface area contributed by atoms with E-state index < -0.39 is 0 Å². The lowest BCUT2D eigenvalue weighted by molar-refractivity contribution is -0.234. The van der Waals surface area contributed by atoms with Crippen molar-refractivity contribution in [1.82, 2.24) is 0 Å². The molecule has 1 aromatic carbocycles. The highest BCUT2D eigenvalue weighted by atomic mass is 16.7. The molecule has 0 spiro atoms. The van der Waals surface area contributed by atoms with Crippen LogP contribution in [-0.4, -0.2) is 24.8 Å². The molecule has 2 rings (SSSR count). The third kappa shape index (κ3) is 8.57. The van der Waals surface area contributed by atoms with Crippen LogP contribution in [0.3, 0.4) is 0 Å². The van der Waals surface area contributed by atoms with Gasteiger partial charge in [-0.05, 0) is 19.3 Å².